The monoisotopic (exact) mass is 586 g/mol. The maximum absolute atomic E-state index is 13.6. The van der Waals surface area contributed by atoms with Crippen LogP contribution in [0.2, 0.25) is 0 Å². The Morgan fingerprint density at radius 2 is 1.65 bits per heavy atom. The average molecular weight is 587 g/mol. The summed E-state index contributed by atoms with van der Waals surface area (Å²) in [6.07, 6.45) is 0. The summed E-state index contributed by atoms with van der Waals surface area (Å²) < 4.78 is 23.4. The first-order valence-corrected chi connectivity index (χ1v) is 14.8. The second-order valence-corrected chi connectivity index (χ2v) is 10.3. The Bertz CT molecular complexity index is 1480. The molecule has 0 bridgehead atoms. The number of aliphatic hydroxyl groups is 1. The van der Waals surface area contributed by atoms with Crippen molar-refractivity contribution in [1.82, 2.24) is 9.80 Å². The lowest BCUT2D eigenvalue weighted by molar-refractivity contribution is -0.140. The van der Waals surface area contributed by atoms with Crippen molar-refractivity contribution in [2.75, 3.05) is 46.0 Å². The molecule has 2 aliphatic rings. The van der Waals surface area contributed by atoms with Crippen LogP contribution in [-0.4, -0.2) is 72.6 Å². The normalized spacial score (nSPS) is 17.4. The maximum Gasteiger partial charge on any atom is 0.295 e. The third kappa shape index (κ3) is 6.46. The largest absolute Gasteiger partial charge is 0.507 e. The van der Waals surface area contributed by atoms with Crippen LogP contribution in [0, 0.1) is 0 Å². The number of nitrogens with zero attached hydrogens (tertiary/aromatic N) is 2. The van der Waals surface area contributed by atoms with E-state index >= 15 is 0 Å². The molecule has 226 valence electrons. The van der Waals surface area contributed by atoms with E-state index in [9.17, 15) is 14.7 Å². The Labute approximate surface area is 252 Å². The Balaban J connectivity index is 1.56. The predicted octanol–water partition coefficient (Wildman–Crippen LogP) is 5.20. The van der Waals surface area contributed by atoms with Gasteiger partial charge in [-0.05, 0) is 61.5 Å². The molecule has 9 nitrogen and oxygen atoms in total. The molecule has 0 saturated carbocycles. The Hall–Kier alpha value is -4.50. The number of ether oxygens (including phenoxy) is 4. The van der Waals surface area contributed by atoms with E-state index in [4.69, 9.17) is 18.9 Å². The lowest BCUT2D eigenvalue weighted by Gasteiger charge is -2.28. The van der Waals surface area contributed by atoms with Crippen LogP contribution >= 0.6 is 0 Å². The number of Topliss-reactive ketones (excluding diaryl/α,β-unsaturated/α-hetero) is 1. The number of hydrogen-bond donors (Lipinski definition) is 1. The summed E-state index contributed by atoms with van der Waals surface area (Å²) in [5.41, 5.74) is 2.02. The summed E-state index contributed by atoms with van der Waals surface area (Å²) in [6, 6.07) is 19.4. The van der Waals surface area contributed by atoms with Crippen LogP contribution < -0.4 is 18.9 Å². The summed E-state index contributed by atoms with van der Waals surface area (Å²) in [5, 5.41) is 11.6. The molecule has 2 aliphatic heterocycles. The molecule has 0 spiro atoms. The van der Waals surface area contributed by atoms with Gasteiger partial charge in [-0.2, -0.15) is 0 Å². The van der Waals surface area contributed by atoms with Gasteiger partial charge in [-0.25, -0.2) is 0 Å². The van der Waals surface area contributed by atoms with E-state index < -0.39 is 17.7 Å². The van der Waals surface area contributed by atoms with Gasteiger partial charge < -0.3 is 33.9 Å². The van der Waals surface area contributed by atoms with E-state index in [-0.39, 0.29) is 11.3 Å². The van der Waals surface area contributed by atoms with Crippen LogP contribution in [0.3, 0.4) is 0 Å². The van der Waals surface area contributed by atoms with E-state index in [1.807, 2.05) is 43.3 Å². The molecule has 9 heteroatoms. The summed E-state index contributed by atoms with van der Waals surface area (Å²) >= 11 is 0. The minimum Gasteiger partial charge on any atom is -0.507 e. The van der Waals surface area contributed by atoms with Crippen molar-refractivity contribution in [2.45, 2.75) is 33.4 Å². The smallest absolute Gasteiger partial charge is 0.295 e. The minimum absolute atomic E-state index is 0.0154. The van der Waals surface area contributed by atoms with Crippen molar-refractivity contribution in [3.63, 3.8) is 0 Å². The van der Waals surface area contributed by atoms with Gasteiger partial charge in [0.25, 0.3) is 11.7 Å². The second kappa shape index (κ2) is 13.6. The van der Waals surface area contributed by atoms with E-state index in [1.165, 1.54) is 0 Å². The van der Waals surface area contributed by atoms with E-state index in [2.05, 4.69) is 18.7 Å². The molecule has 1 N–H and O–H groups in total. The van der Waals surface area contributed by atoms with Gasteiger partial charge in [-0.15, -0.1) is 0 Å². The number of carbonyl (C=O) groups excluding carboxylic acids is 2. The number of rotatable bonds is 12. The minimum atomic E-state index is -0.828. The zero-order chi connectivity index (χ0) is 30.3. The van der Waals surface area contributed by atoms with Gasteiger partial charge in [-0.1, -0.05) is 50.2 Å². The first kappa shape index (κ1) is 30.0. The lowest BCUT2D eigenvalue weighted by atomic mass is 9.94. The number of aliphatic hydroxyl groups excluding tert-OH is 1. The zero-order valence-corrected chi connectivity index (χ0v) is 24.9. The van der Waals surface area contributed by atoms with Crippen molar-refractivity contribution in [1.29, 1.82) is 0 Å². The van der Waals surface area contributed by atoms with Crippen LogP contribution in [0.15, 0.2) is 72.3 Å². The van der Waals surface area contributed by atoms with Gasteiger partial charge in [0.1, 0.15) is 25.6 Å². The summed E-state index contributed by atoms with van der Waals surface area (Å²) in [6.45, 7) is 10.1. The standard InChI is InChI=1S/C34H38N2O7/c1-4-35(5-2)16-17-36-31(24-12-14-27(28(20-24)40-6-3)43-22-23-10-8-7-9-11-23)30(33(38)34(36)39)32(37)25-13-15-26-29(21-25)42-19-18-41-26/h7-15,20-21,31,37H,4-6,16-19,22H2,1-3H3/b32-30+/t31-/m1/s1. The van der Waals surface area contributed by atoms with Gasteiger partial charge in [0.05, 0.1) is 18.2 Å². The van der Waals surface area contributed by atoms with Gasteiger partial charge in [0, 0.05) is 18.7 Å². The van der Waals surface area contributed by atoms with Gasteiger partial charge in [0.2, 0.25) is 0 Å². The van der Waals surface area contributed by atoms with Crippen LogP contribution in [-0.2, 0) is 16.2 Å². The predicted molar refractivity (Wildman–Crippen MR) is 163 cm³/mol. The molecule has 1 atom stereocenters. The summed E-state index contributed by atoms with van der Waals surface area (Å²) in [7, 11) is 0. The molecule has 0 aliphatic carbocycles. The van der Waals surface area contributed by atoms with Crippen molar-refractivity contribution in [2.24, 2.45) is 0 Å². The van der Waals surface area contributed by atoms with Crippen molar-refractivity contribution >= 4 is 17.4 Å². The fourth-order valence-corrected chi connectivity index (χ4v) is 5.41. The van der Waals surface area contributed by atoms with Crippen LogP contribution in [0.1, 0.15) is 43.5 Å². The number of benzene rings is 3. The molecular weight excluding hydrogens is 548 g/mol. The van der Waals surface area contributed by atoms with E-state index in [0.717, 1.165) is 18.7 Å². The molecule has 3 aromatic rings. The molecular formula is C34H38N2O7. The van der Waals surface area contributed by atoms with Gasteiger partial charge in [-0.3, -0.25) is 9.59 Å². The first-order valence-electron chi connectivity index (χ1n) is 14.8. The van der Waals surface area contributed by atoms with Crippen molar-refractivity contribution in [3.05, 3.63) is 89.0 Å². The van der Waals surface area contributed by atoms with Gasteiger partial charge in [0.15, 0.2) is 23.0 Å². The van der Waals surface area contributed by atoms with E-state index in [0.29, 0.717) is 73.6 Å². The molecule has 0 radical (unpaired) electrons. The molecule has 5 rings (SSSR count). The summed E-state index contributed by atoms with van der Waals surface area (Å²) in [4.78, 5) is 30.8. The number of carbonyl (C=O) groups is 2. The van der Waals surface area contributed by atoms with Gasteiger partial charge >= 0.3 is 0 Å². The fraction of sp³-hybridized carbons (Fsp3) is 0.353. The molecule has 0 aromatic heterocycles. The Morgan fingerprint density at radius 1 is 0.907 bits per heavy atom. The first-order chi connectivity index (χ1) is 20.9. The third-order valence-electron chi connectivity index (χ3n) is 7.73. The Kier molecular flexibility index (Phi) is 9.51. The number of amides is 1. The molecule has 1 amide bonds. The maximum atomic E-state index is 13.6. The number of likely N-dealkylation sites (tertiary alicyclic amines) is 1. The van der Waals surface area contributed by atoms with Crippen LogP contribution in [0.4, 0.5) is 0 Å². The highest BCUT2D eigenvalue weighted by Crippen LogP contribution is 2.43. The molecule has 3 aromatic carbocycles. The number of likely N-dealkylation sites (N-methyl/N-ethyl adjacent to an activating group) is 1. The third-order valence-corrected chi connectivity index (χ3v) is 7.73. The van der Waals surface area contributed by atoms with Crippen molar-refractivity contribution in [3.8, 4) is 23.0 Å². The zero-order valence-electron chi connectivity index (χ0n) is 24.9. The quantitative estimate of drug-likeness (QED) is 0.176. The Morgan fingerprint density at radius 3 is 2.37 bits per heavy atom. The topological polar surface area (TPSA) is 97.8 Å². The van der Waals surface area contributed by atoms with Crippen LogP contribution in [0.5, 0.6) is 23.0 Å². The van der Waals surface area contributed by atoms with E-state index in [1.54, 1.807) is 35.2 Å². The molecule has 2 heterocycles. The highest BCUT2D eigenvalue weighted by atomic mass is 16.6. The SMILES string of the molecule is CCOc1cc([C@@H]2/C(=C(\O)c3ccc4c(c3)OCCO4)C(=O)C(=O)N2CCN(CC)CC)ccc1OCc1ccccc1. The van der Waals surface area contributed by atoms with Crippen molar-refractivity contribution < 1.29 is 33.6 Å². The highest BCUT2D eigenvalue weighted by molar-refractivity contribution is 6.46. The number of hydrogen-bond acceptors (Lipinski definition) is 8. The second-order valence-electron chi connectivity index (χ2n) is 10.3. The molecule has 1 saturated heterocycles. The number of fused-ring (bicyclic) bond motifs is 1. The fourth-order valence-electron chi connectivity index (χ4n) is 5.41. The molecule has 43 heavy (non-hydrogen) atoms. The average Bonchev–Trinajstić information content (AvgIpc) is 3.29. The summed E-state index contributed by atoms with van der Waals surface area (Å²) in [5.74, 6) is 0.407. The van der Waals surface area contributed by atoms with Crippen LogP contribution in [0.25, 0.3) is 5.76 Å². The lowest BCUT2D eigenvalue weighted by Crippen LogP contribution is -2.38. The number of ketones is 1. The highest BCUT2D eigenvalue weighted by Gasteiger charge is 2.46. The molecule has 0 unspecified atom stereocenters. The molecule has 1 fully saturated rings.